The number of amides is 4. The minimum absolute atomic E-state index is 0.0714. The number of carbonyl (C=O) groups is 3. The summed E-state index contributed by atoms with van der Waals surface area (Å²) in [5.41, 5.74) is 2.98. The molecule has 0 heterocycles. The van der Waals surface area contributed by atoms with E-state index in [0.717, 1.165) is 0 Å². The predicted molar refractivity (Wildman–Crippen MR) is 119 cm³/mol. The lowest BCUT2D eigenvalue weighted by molar-refractivity contribution is -0.115. The van der Waals surface area contributed by atoms with E-state index in [1.54, 1.807) is 67.6 Å². The zero-order valence-corrected chi connectivity index (χ0v) is 16.4. The number of anilines is 4. The molecule has 0 radical (unpaired) electrons. The quantitative estimate of drug-likeness (QED) is 0.470. The molecule has 0 unspecified atom stereocenters. The molecule has 3 aromatic rings. The Morgan fingerprint density at radius 3 is 1.63 bits per heavy atom. The summed E-state index contributed by atoms with van der Waals surface area (Å²) in [7, 11) is 0. The van der Waals surface area contributed by atoms with Crippen molar-refractivity contribution >= 4 is 40.6 Å². The molecule has 0 saturated heterocycles. The first-order valence-electron chi connectivity index (χ1n) is 9.48. The van der Waals surface area contributed by atoms with Gasteiger partial charge in [0.05, 0.1) is 0 Å². The van der Waals surface area contributed by atoms with Gasteiger partial charge < -0.3 is 21.3 Å². The van der Waals surface area contributed by atoms with Crippen LogP contribution in [-0.2, 0) is 4.79 Å². The van der Waals surface area contributed by atoms with Crippen LogP contribution in [0, 0.1) is 0 Å². The van der Waals surface area contributed by atoms with Crippen LogP contribution in [0.4, 0.5) is 27.5 Å². The van der Waals surface area contributed by atoms with E-state index < -0.39 is 0 Å². The summed E-state index contributed by atoms with van der Waals surface area (Å²) in [5, 5.41) is 11.0. The molecule has 30 heavy (non-hydrogen) atoms. The van der Waals surface area contributed by atoms with Gasteiger partial charge >= 0.3 is 6.03 Å². The minimum Gasteiger partial charge on any atom is -0.326 e. The number of benzene rings is 3. The minimum atomic E-state index is -0.367. The fraction of sp³-hybridized carbons (Fsp3) is 0.0870. The van der Waals surface area contributed by atoms with Crippen LogP contribution in [0.2, 0.25) is 0 Å². The number of para-hydroxylation sites is 1. The maximum absolute atomic E-state index is 12.4. The highest BCUT2D eigenvalue weighted by Gasteiger charge is 2.08. The lowest BCUT2D eigenvalue weighted by Gasteiger charge is -2.09. The molecule has 7 heteroatoms. The third-order valence-corrected chi connectivity index (χ3v) is 4.18. The summed E-state index contributed by atoms with van der Waals surface area (Å²) in [5.74, 6) is -0.349. The second-order valence-electron chi connectivity index (χ2n) is 6.46. The molecule has 0 aliphatic carbocycles. The summed E-state index contributed by atoms with van der Waals surface area (Å²) < 4.78 is 0. The first-order valence-corrected chi connectivity index (χ1v) is 9.48. The van der Waals surface area contributed by atoms with E-state index in [9.17, 15) is 14.4 Å². The number of carbonyl (C=O) groups excluding carboxylic acids is 3. The van der Waals surface area contributed by atoms with Crippen LogP contribution in [0.25, 0.3) is 0 Å². The van der Waals surface area contributed by atoms with Gasteiger partial charge in [-0.05, 0) is 60.7 Å². The Labute approximate surface area is 174 Å². The second-order valence-corrected chi connectivity index (χ2v) is 6.46. The second kappa shape index (κ2) is 9.88. The lowest BCUT2D eigenvalue weighted by Crippen LogP contribution is -2.19. The van der Waals surface area contributed by atoms with Gasteiger partial charge in [-0.15, -0.1) is 0 Å². The molecule has 0 bridgehead atoms. The smallest absolute Gasteiger partial charge is 0.323 e. The zero-order chi connectivity index (χ0) is 21.3. The van der Waals surface area contributed by atoms with E-state index in [1.165, 1.54) is 0 Å². The van der Waals surface area contributed by atoms with Crippen molar-refractivity contribution < 1.29 is 14.4 Å². The SMILES string of the molecule is CCC(=O)Nc1ccc(NC(=O)c2ccc(NC(=O)Nc3ccccc3)cc2)cc1. The Hall–Kier alpha value is -4.13. The average molecular weight is 402 g/mol. The van der Waals surface area contributed by atoms with E-state index >= 15 is 0 Å². The molecule has 0 atom stereocenters. The van der Waals surface area contributed by atoms with Crippen molar-refractivity contribution in [3.05, 3.63) is 84.4 Å². The molecule has 4 N–H and O–H groups in total. The maximum Gasteiger partial charge on any atom is 0.323 e. The van der Waals surface area contributed by atoms with Crippen LogP contribution in [0.15, 0.2) is 78.9 Å². The van der Waals surface area contributed by atoms with E-state index in [4.69, 9.17) is 0 Å². The fourth-order valence-electron chi connectivity index (χ4n) is 2.61. The third kappa shape index (κ3) is 5.93. The van der Waals surface area contributed by atoms with Gasteiger partial charge in [0.15, 0.2) is 0 Å². The summed E-state index contributed by atoms with van der Waals surface area (Å²) in [6, 6.07) is 22.2. The summed E-state index contributed by atoms with van der Waals surface area (Å²) in [6.07, 6.45) is 0.400. The van der Waals surface area contributed by atoms with Crippen LogP contribution >= 0.6 is 0 Å². The van der Waals surface area contributed by atoms with Gasteiger partial charge in [0.25, 0.3) is 5.91 Å². The number of nitrogens with one attached hydrogen (secondary N) is 4. The molecule has 0 saturated carbocycles. The topological polar surface area (TPSA) is 99.3 Å². The van der Waals surface area contributed by atoms with E-state index in [0.29, 0.717) is 34.7 Å². The zero-order valence-electron chi connectivity index (χ0n) is 16.4. The summed E-state index contributed by atoms with van der Waals surface area (Å²) in [6.45, 7) is 1.78. The molecule has 0 aromatic heterocycles. The van der Waals surface area contributed by atoms with Crippen LogP contribution < -0.4 is 21.3 Å². The number of urea groups is 1. The predicted octanol–water partition coefficient (Wildman–Crippen LogP) is 4.93. The van der Waals surface area contributed by atoms with Gasteiger partial charge in [-0.1, -0.05) is 25.1 Å². The fourth-order valence-corrected chi connectivity index (χ4v) is 2.61. The first kappa shape index (κ1) is 20.6. The summed E-state index contributed by atoms with van der Waals surface area (Å²) >= 11 is 0. The largest absolute Gasteiger partial charge is 0.326 e. The van der Waals surface area contributed by atoms with Crippen molar-refractivity contribution in [1.29, 1.82) is 0 Å². The molecule has 0 aliphatic rings. The Balaban J connectivity index is 1.54. The van der Waals surface area contributed by atoms with Crippen molar-refractivity contribution in [2.75, 3.05) is 21.3 Å². The van der Waals surface area contributed by atoms with E-state index in [1.807, 2.05) is 18.2 Å². The average Bonchev–Trinajstić information content (AvgIpc) is 2.76. The third-order valence-electron chi connectivity index (χ3n) is 4.18. The maximum atomic E-state index is 12.4. The Morgan fingerprint density at radius 1 is 0.600 bits per heavy atom. The highest BCUT2D eigenvalue weighted by atomic mass is 16.2. The Morgan fingerprint density at radius 2 is 1.07 bits per heavy atom. The highest BCUT2D eigenvalue weighted by Crippen LogP contribution is 2.16. The normalized spacial score (nSPS) is 10.0. The molecular weight excluding hydrogens is 380 g/mol. The molecule has 7 nitrogen and oxygen atoms in total. The molecule has 3 rings (SSSR count). The highest BCUT2D eigenvalue weighted by molar-refractivity contribution is 6.05. The van der Waals surface area contributed by atoms with Gasteiger partial charge in [-0.25, -0.2) is 4.79 Å². The van der Waals surface area contributed by atoms with Gasteiger partial charge in [0.1, 0.15) is 0 Å². The van der Waals surface area contributed by atoms with Crippen LogP contribution in [0.1, 0.15) is 23.7 Å². The molecule has 0 fully saturated rings. The number of hydrogen-bond donors (Lipinski definition) is 4. The standard InChI is InChI=1S/C23H22N4O3/c1-2-21(28)24-18-12-14-19(15-13-18)25-22(29)16-8-10-20(11-9-16)27-23(30)26-17-6-4-3-5-7-17/h3-15H,2H2,1H3,(H,24,28)(H,25,29)(H2,26,27,30). The molecule has 3 aromatic carbocycles. The lowest BCUT2D eigenvalue weighted by atomic mass is 10.2. The van der Waals surface area contributed by atoms with Crippen LogP contribution in [0.3, 0.4) is 0 Å². The Kier molecular flexibility index (Phi) is 6.78. The number of rotatable bonds is 6. The first-order chi connectivity index (χ1) is 14.5. The van der Waals surface area contributed by atoms with Crippen molar-refractivity contribution in [1.82, 2.24) is 0 Å². The van der Waals surface area contributed by atoms with Crippen LogP contribution in [-0.4, -0.2) is 17.8 Å². The summed E-state index contributed by atoms with van der Waals surface area (Å²) in [4.78, 5) is 35.8. The number of hydrogen-bond acceptors (Lipinski definition) is 3. The van der Waals surface area contributed by atoms with Gasteiger partial charge in [-0.2, -0.15) is 0 Å². The van der Waals surface area contributed by atoms with Gasteiger partial charge in [0.2, 0.25) is 5.91 Å². The Bertz CT molecular complexity index is 1020. The van der Waals surface area contributed by atoms with E-state index in [2.05, 4.69) is 21.3 Å². The molecular formula is C23H22N4O3. The van der Waals surface area contributed by atoms with Crippen molar-refractivity contribution in [2.24, 2.45) is 0 Å². The van der Waals surface area contributed by atoms with Gasteiger partial charge in [-0.3, -0.25) is 9.59 Å². The molecule has 152 valence electrons. The van der Waals surface area contributed by atoms with Gasteiger partial charge in [0, 0.05) is 34.7 Å². The van der Waals surface area contributed by atoms with Crippen LogP contribution in [0.5, 0.6) is 0 Å². The van der Waals surface area contributed by atoms with Crippen molar-refractivity contribution in [2.45, 2.75) is 13.3 Å². The molecule has 0 aliphatic heterocycles. The van der Waals surface area contributed by atoms with E-state index in [-0.39, 0.29) is 17.8 Å². The molecule has 4 amide bonds. The monoisotopic (exact) mass is 402 g/mol. The van der Waals surface area contributed by atoms with Crippen molar-refractivity contribution in [3.8, 4) is 0 Å². The van der Waals surface area contributed by atoms with Crippen molar-refractivity contribution in [3.63, 3.8) is 0 Å². The molecule has 0 spiro atoms.